The summed E-state index contributed by atoms with van der Waals surface area (Å²) in [6, 6.07) is -0.501. The lowest BCUT2D eigenvalue weighted by Gasteiger charge is -2.43. The lowest BCUT2D eigenvalue weighted by molar-refractivity contribution is -0.151. The number of likely N-dealkylation sites (tertiary alicyclic amines) is 1. The van der Waals surface area contributed by atoms with Crippen molar-refractivity contribution in [3.8, 4) is 0 Å². The van der Waals surface area contributed by atoms with Crippen molar-refractivity contribution in [2.24, 2.45) is 5.41 Å². The molecular formula is C12H19N3O3. The number of carbonyl (C=O) groups is 1. The summed E-state index contributed by atoms with van der Waals surface area (Å²) in [6.07, 6.45) is 1.91. The predicted molar refractivity (Wildman–Crippen MR) is 63.9 cm³/mol. The summed E-state index contributed by atoms with van der Waals surface area (Å²) >= 11 is 0. The van der Waals surface area contributed by atoms with Crippen molar-refractivity contribution in [2.75, 3.05) is 6.54 Å². The zero-order valence-electron chi connectivity index (χ0n) is 11.0. The molecule has 2 heterocycles. The molecule has 100 valence electrons. The fourth-order valence-electron chi connectivity index (χ4n) is 2.73. The minimum Gasteiger partial charge on any atom is -0.480 e. The van der Waals surface area contributed by atoms with Gasteiger partial charge in [0.1, 0.15) is 6.04 Å². The van der Waals surface area contributed by atoms with E-state index in [2.05, 4.69) is 10.2 Å². The summed E-state index contributed by atoms with van der Waals surface area (Å²) in [7, 11) is 0. The van der Waals surface area contributed by atoms with Crippen molar-refractivity contribution in [1.29, 1.82) is 0 Å². The van der Waals surface area contributed by atoms with Crippen molar-refractivity contribution in [1.82, 2.24) is 15.1 Å². The summed E-state index contributed by atoms with van der Waals surface area (Å²) < 4.78 is 5.33. The van der Waals surface area contributed by atoms with Gasteiger partial charge in [0.2, 0.25) is 11.8 Å². The lowest BCUT2D eigenvalue weighted by Crippen LogP contribution is -2.53. The van der Waals surface area contributed by atoms with Crippen molar-refractivity contribution in [3.63, 3.8) is 0 Å². The molecule has 1 aromatic rings. The molecule has 18 heavy (non-hydrogen) atoms. The van der Waals surface area contributed by atoms with E-state index in [1.165, 1.54) is 0 Å². The maximum absolute atomic E-state index is 11.5. The minimum atomic E-state index is -0.782. The highest BCUT2D eigenvalue weighted by molar-refractivity contribution is 5.74. The molecule has 0 radical (unpaired) electrons. The smallest absolute Gasteiger partial charge is 0.321 e. The Morgan fingerprint density at radius 3 is 2.83 bits per heavy atom. The fourth-order valence-corrected chi connectivity index (χ4v) is 2.73. The van der Waals surface area contributed by atoms with Gasteiger partial charge in [-0.25, -0.2) is 0 Å². The van der Waals surface area contributed by atoms with Gasteiger partial charge >= 0.3 is 5.97 Å². The molecule has 1 N–H and O–H groups in total. The Hall–Kier alpha value is -1.43. The molecule has 1 aromatic heterocycles. The number of rotatable bonds is 3. The van der Waals surface area contributed by atoms with E-state index in [9.17, 15) is 9.90 Å². The van der Waals surface area contributed by atoms with E-state index >= 15 is 0 Å². The molecule has 0 aliphatic carbocycles. The second kappa shape index (κ2) is 4.68. The van der Waals surface area contributed by atoms with Gasteiger partial charge in [-0.05, 0) is 24.8 Å². The molecule has 1 saturated heterocycles. The molecule has 0 saturated carbocycles. The largest absolute Gasteiger partial charge is 0.480 e. The normalized spacial score (nSPS) is 24.1. The number of aliphatic carboxylic acids is 1. The maximum Gasteiger partial charge on any atom is 0.321 e. The van der Waals surface area contributed by atoms with Crippen molar-refractivity contribution in [2.45, 2.75) is 46.2 Å². The average molecular weight is 253 g/mol. The van der Waals surface area contributed by atoms with Gasteiger partial charge in [0.05, 0.1) is 6.54 Å². The van der Waals surface area contributed by atoms with Crippen LogP contribution in [0.1, 0.15) is 38.5 Å². The van der Waals surface area contributed by atoms with Crippen molar-refractivity contribution in [3.05, 3.63) is 11.8 Å². The zero-order chi connectivity index (χ0) is 13.3. The van der Waals surface area contributed by atoms with E-state index in [0.29, 0.717) is 18.3 Å². The Morgan fingerprint density at radius 2 is 2.28 bits per heavy atom. The van der Waals surface area contributed by atoms with Gasteiger partial charge < -0.3 is 9.52 Å². The molecule has 1 aliphatic rings. The second-order valence-electron chi connectivity index (χ2n) is 5.52. The van der Waals surface area contributed by atoms with Crippen LogP contribution in [0.25, 0.3) is 0 Å². The number of aryl methyl sites for hydroxylation is 1. The number of nitrogens with zero attached hydrogens (tertiary/aromatic N) is 3. The van der Waals surface area contributed by atoms with E-state index in [4.69, 9.17) is 4.42 Å². The molecule has 2 rings (SSSR count). The van der Waals surface area contributed by atoms with E-state index in [1.807, 2.05) is 18.7 Å². The van der Waals surface area contributed by atoms with Gasteiger partial charge in [0.15, 0.2) is 0 Å². The number of piperidine rings is 1. The molecular weight excluding hydrogens is 234 g/mol. The number of hydrogen-bond donors (Lipinski definition) is 1. The summed E-state index contributed by atoms with van der Waals surface area (Å²) in [6.45, 7) is 6.88. The molecule has 1 fully saturated rings. The van der Waals surface area contributed by atoms with Crippen LogP contribution in [0.2, 0.25) is 0 Å². The Bertz CT molecular complexity index is 442. The van der Waals surface area contributed by atoms with Gasteiger partial charge in [-0.2, -0.15) is 0 Å². The SMILES string of the molecule is Cc1nnc(CN2CCCC(C)(C)C2C(=O)O)o1. The summed E-state index contributed by atoms with van der Waals surface area (Å²) in [5.41, 5.74) is -0.237. The third-order valence-corrected chi connectivity index (χ3v) is 3.51. The third kappa shape index (κ3) is 2.53. The number of hydrogen-bond acceptors (Lipinski definition) is 5. The first-order chi connectivity index (χ1) is 8.40. The first-order valence-electron chi connectivity index (χ1n) is 6.16. The quantitative estimate of drug-likeness (QED) is 0.878. The first kappa shape index (κ1) is 13.0. The highest BCUT2D eigenvalue weighted by Gasteiger charge is 2.42. The standard InChI is InChI=1S/C12H19N3O3/c1-8-13-14-9(18-8)7-15-6-4-5-12(2,3)10(15)11(16)17/h10H,4-7H2,1-3H3,(H,16,17). The molecule has 1 aliphatic heterocycles. The molecule has 0 amide bonds. The van der Waals surface area contributed by atoms with Crippen molar-refractivity contribution >= 4 is 5.97 Å². The third-order valence-electron chi connectivity index (χ3n) is 3.51. The molecule has 0 bridgehead atoms. The van der Waals surface area contributed by atoms with Crippen LogP contribution < -0.4 is 0 Å². The van der Waals surface area contributed by atoms with E-state index < -0.39 is 12.0 Å². The maximum atomic E-state index is 11.5. The van der Waals surface area contributed by atoms with Crippen LogP contribution in [0.3, 0.4) is 0 Å². The number of aromatic nitrogens is 2. The number of carboxylic acid groups (broad SMARTS) is 1. The minimum absolute atomic E-state index is 0.237. The number of carboxylic acids is 1. The van der Waals surface area contributed by atoms with E-state index in [1.54, 1.807) is 6.92 Å². The fraction of sp³-hybridized carbons (Fsp3) is 0.750. The van der Waals surface area contributed by atoms with E-state index in [0.717, 1.165) is 19.4 Å². The van der Waals surface area contributed by atoms with Gasteiger partial charge in [0.25, 0.3) is 0 Å². The first-order valence-corrected chi connectivity index (χ1v) is 6.16. The van der Waals surface area contributed by atoms with Gasteiger partial charge in [0, 0.05) is 6.92 Å². The van der Waals surface area contributed by atoms with Gasteiger partial charge in [-0.3, -0.25) is 9.69 Å². The summed E-state index contributed by atoms with van der Waals surface area (Å²) in [4.78, 5) is 13.4. The highest BCUT2D eigenvalue weighted by Crippen LogP contribution is 2.35. The van der Waals surface area contributed by atoms with Crippen LogP contribution in [-0.4, -0.2) is 38.8 Å². The summed E-state index contributed by atoms with van der Waals surface area (Å²) in [5.74, 6) is 0.209. The Balaban J connectivity index is 2.17. The molecule has 1 unspecified atom stereocenters. The van der Waals surface area contributed by atoms with Crippen LogP contribution in [0.15, 0.2) is 4.42 Å². The average Bonchev–Trinajstić information content (AvgIpc) is 2.61. The van der Waals surface area contributed by atoms with Gasteiger partial charge in [-0.1, -0.05) is 13.8 Å². The second-order valence-corrected chi connectivity index (χ2v) is 5.52. The Morgan fingerprint density at radius 1 is 1.56 bits per heavy atom. The van der Waals surface area contributed by atoms with E-state index in [-0.39, 0.29) is 5.41 Å². The molecule has 6 heteroatoms. The zero-order valence-corrected chi connectivity index (χ0v) is 11.0. The molecule has 0 aromatic carbocycles. The van der Waals surface area contributed by atoms with Crippen LogP contribution in [0.5, 0.6) is 0 Å². The van der Waals surface area contributed by atoms with Crippen LogP contribution in [0, 0.1) is 12.3 Å². The molecule has 1 atom stereocenters. The molecule has 6 nitrogen and oxygen atoms in total. The highest BCUT2D eigenvalue weighted by atomic mass is 16.4. The topological polar surface area (TPSA) is 79.5 Å². The van der Waals surface area contributed by atoms with Crippen LogP contribution in [-0.2, 0) is 11.3 Å². The Labute approximate surface area is 106 Å². The lowest BCUT2D eigenvalue weighted by atomic mass is 9.76. The Kier molecular flexibility index (Phi) is 3.38. The molecule has 0 spiro atoms. The van der Waals surface area contributed by atoms with Gasteiger partial charge in [-0.15, -0.1) is 10.2 Å². The van der Waals surface area contributed by atoms with Crippen LogP contribution >= 0.6 is 0 Å². The predicted octanol–water partition coefficient (Wildman–Crippen LogP) is 1.45. The van der Waals surface area contributed by atoms with Crippen LogP contribution in [0.4, 0.5) is 0 Å². The van der Waals surface area contributed by atoms with Crippen molar-refractivity contribution < 1.29 is 14.3 Å². The summed E-state index contributed by atoms with van der Waals surface area (Å²) in [5, 5.41) is 17.1. The monoisotopic (exact) mass is 253 g/mol.